The number of nitrogens with zero attached hydrogens (tertiary/aromatic N) is 1. The molecule has 348 valence electrons. The fourth-order valence-corrected chi connectivity index (χ4v) is 9.02. The molecule has 0 unspecified atom stereocenters. The van der Waals surface area contributed by atoms with E-state index in [0.717, 1.165) is 22.3 Å². The van der Waals surface area contributed by atoms with Gasteiger partial charge >= 0.3 is 19.8 Å². The quantitative estimate of drug-likeness (QED) is 0.0205. The summed E-state index contributed by atoms with van der Waals surface area (Å²) in [6.45, 7) is 3.99. The van der Waals surface area contributed by atoms with E-state index in [9.17, 15) is 14.2 Å². The number of fused-ring (bicyclic) bond motifs is 2. The highest BCUT2D eigenvalue weighted by Crippen LogP contribution is 2.55. The number of phosphoric acid groups is 1. The van der Waals surface area contributed by atoms with Crippen LogP contribution in [-0.2, 0) is 49.3 Å². The lowest BCUT2D eigenvalue weighted by atomic mass is 10.00. The maximum atomic E-state index is 14.9. The summed E-state index contributed by atoms with van der Waals surface area (Å²) in [7, 11) is -4.38. The molecule has 0 fully saturated rings. The van der Waals surface area contributed by atoms with E-state index in [1.807, 2.05) is 170 Å². The van der Waals surface area contributed by atoms with Gasteiger partial charge < -0.3 is 18.7 Å². The molecule has 0 radical (unpaired) electrons. The Morgan fingerprint density at radius 2 is 1.03 bits per heavy atom. The van der Waals surface area contributed by atoms with Crippen molar-refractivity contribution in [2.75, 3.05) is 0 Å². The van der Waals surface area contributed by atoms with Crippen LogP contribution in [0.5, 0.6) is 11.5 Å². The first-order valence-corrected chi connectivity index (χ1v) is 24.1. The molecule has 0 aliphatic heterocycles. The SMILES string of the molecule is Cc1cc(C(=O)OCc2ccccc2)cc(C)c1OC(=O)c1c2ccccc2nc2cc(/C(=C/c3ccc(OCc4ccccc4)cc3)OP(=O)(OCc3ccccc3)OCc3ccccc3)ccc12. The van der Waals surface area contributed by atoms with Gasteiger partial charge in [-0.15, -0.1) is 0 Å². The number of benzene rings is 8. The monoisotopic (exact) mass is 945 g/mol. The highest BCUT2D eigenvalue weighted by atomic mass is 31.2. The molecule has 70 heavy (non-hydrogen) atoms. The first-order chi connectivity index (χ1) is 34.2. The largest absolute Gasteiger partial charge is 0.530 e. The molecule has 0 atom stereocenters. The molecule has 0 aliphatic carbocycles. The summed E-state index contributed by atoms with van der Waals surface area (Å²) in [5.74, 6) is 0.0511. The first kappa shape index (κ1) is 46.9. The Morgan fingerprint density at radius 1 is 0.514 bits per heavy atom. The lowest BCUT2D eigenvalue weighted by Gasteiger charge is -2.21. The molecular weight excluding hydrogens is 898 g/mol. The fourth-order valence-electron chi connectivity index (χ4n) is 7.83. The van der Waals surface area contributed by atoms with Crippen LogP contribution in [-0.4, -0.2) is 16.9 Å². The van der Waals surface area contributed by atoms with Crippen molar-refractivity contribution in [1.82, 2.24) is 4.98 Å². The van der Waals surface area contributed by atoms with E-state index in [4.69, 9.17) is 32.8 Å². The average molecular weight is 946 g/mol. The minimum atomic E-state index is -4.38. The second kappa shape index (κ2) is 21.9. The highest BCUT2D eigenvalue weighted by molar-refractivity contribution is 7.48. The number of carbonyl (C=O) groups is 2. The Kier molecular flexibility index (Phi) is 14.7. The van der Waals surface area contributed by atoms with E-state index in [1.165, 1.54) is 0 Å². The molecule has 8 aromatic carbocycles. The Morgan fingerprint density at radius 3 is 1.61 bits per heavy atom. The number of aryl methyl sites for hydroxylation is 2. The van der Waals surface area contributed by atoms with Crippen LogP contribution in [0.3, 0.4) is 0 Å². The van der Waals surface area contributed by atoms with Gasteiger partial charge in [0.2, 0.25) is 0 Å². The molecule has 0 amide bonds. The number of ether oxygens (including phenoxy) is 3. The lowest BCUT2D eigenvalue weighted by molar-refractivity contribution is 0.0472. The van der Waals surface area contributed by atoms with E-state index >= 15 is 0 Å². The Bertz CT molecular complexity index is 3280. The number of para-hydroxylation sites is 1. The topological polar surface area (TPSA) is 119 Å². The van der Waals surface area contributed by atoms with Crippen molar-refractivity contribution < 1.29 is 41.9 Å². The number of phosphoric ester groups is 1. The molecule has 0 N–H and O–H groups in total. The smallest absolute Gasteiger partial charge is 0.489 e. The second-order valence-electron chi connectivity index (χ2n) is 16.5. The van der Waals surface area contributed by atoms with E-state index < -0.39 is 19.8 Å². The Balaban J connectivity index is 1.06. The first-order valence-electron chi connectivity index (χ1n) is 22.7. The van der Waals surface area contributed by atoms with Gasteiger partial charge in [-0.05, 0) is 95.3 Å². The average Bonchev–Trinajstić information content (AvgIpc) is 3.40. The van der Waals surface area contributed by atoms with Crippen molar-refractivity contribution in [2.45, 2.75) is 40.3 Å². The number of aromatic nitrogens is 1. The summed E-state index contributed by atoms with van der Waals surface area (Å²) in [6, 6.07) is 61.4. The van der Waals surface area contributed by atoms with Gasteiger partial charge in [-0.3, -0.25) is 9.05 Å². The highest BCUT2D eigenvalue weighted by Gasteiger charge is 2.31. The van der Waals surface area contributed by atoms with Crippen LogP contribution in [0.2, 0.25) is 0 Å². The zero-order chi connectivity index (χ0) is 48.3. The molecule has 0 bridgehead atoms. The third kappa shape index (κ3) is 11.7. The normalized spacial score (nSPS) is 11.6. The molecule has 1 heterocycles. The van der Waals surface area contributed by atoms with Crippen LogP contribution in [0.4, 0.5) is 0 Å². The summed E-state index contributed by atoms with van der Waals surface area (Å²) in [5.41, 5.74) is 7.43. The van der Waals surface area contributed by atoms with Crippen molar-refractivity contribution in [2.24, 2.45) is 0 Å². The summed E-state index contributed by atoms with van der Waals surface area (Å²) in [4.78, 5) is 32.7. The van der Waals surface area contributed by atoms with Gasteiger partial charge in [0.1, 0.15) is 30.5 Å². The predicted molar refractivity (Wildman–Crippen MR) is 272 cm³/mol. The van der Waals surface area contributed by atoms with Crippen molar-refractivity contribution in [3.63, 3.8) is 0 Å². The number of rotatable bonds is 18. The number of hydrogen-bond acceptors (Lipinski definition) is 10. The van der Waals surface area contributed by atoms with Gasteiger partial charge in [0.05, 0.1) is 35.4 Å². The molecule has 1 aromatic heterocycles. The van der Waals surface area contributed by atoms with Crippen molar-refractivity contribution in [1.29, 1.82) is 0 Å². The molecule has 0 spiro atoms. The van der Waals surface area contributed by atoms with Gasteiger partial charge in [-0.25, -0.2) is 19.1 Å². The molecule has 0 saturated heterocycles. The Labute approximate surface area is 406 Å². The van der Waals surface area contributed by atoms with E-state index in [-0.39, 0.29) is 31.1 Å². The van der Waals surface area contributed by atoms with Crippen LogP contribution < -0.4 is 9.47 Å². The van der Waals surface area contributed by atoms with Crippen LogP contribution in [0, 0.1) is 13.8 Å². The fraction of sp³-hybridized carbons (Fsp3) is 0.102. The molecular formula is C59H48NO9P. The van der Waals surface area contributed by atoms with Crippen molar-refractivity contribution >= 4 is 53.4 Å². The van der Waals surface area contributed by atoms with Gasteiger partial charge in [-0.2, -0.15) is 0 Å². The molecule has 10 nitrogen and oxygen atoms in total. The lowest BCUT2D eigenvalue weighted by Crippen LogP contribution is -2.13. The molecule has 9 aromatic rings. The second-order valence-corrected chi connectivity index (χ2v) is 18.1. The van der Waals surface area contributed by atoms with Crippen LogP contribution in [0.25, 0.3) is 33.6 Å². The van der Waals surface area contributed by atoms with E-state index in [1.54, 1.807) is 50.3 Å². The van der Waals surface area contributed by atoms with Crippen LogP contribution in [0.1, 0.15) is 65.2 Å². The number of esters is 2. The molecule has 11 heteroatoms. The summed E-state index contributed by atoms with van der Waals surface area (Å²) < 4.78 is 51.5. The summed E-state index contributed by atoms with van der Waals surface area (Å²) in [5, 5.41) is 1.09. The molecule has 0 aliphatic rings. The van der Waals surface area contributed by atoms with Crippen LogP contribution in [0.15, 0.2) is 200 Å². The van der Waals surface area contributed by atoms with Crippen LogP contribution >= 0.6 is 7.82 Å². The third-order valence-corrected chi connectivity index (χ3v) is 12.7. The maximum absolute atomic E-state index is 14.9. The third-order valence-electron chi connectivity index (χ3n) is 11.4. The van der Waals surface area contributed by atoms with Gasteiger partial charge in [0, 0.05) is 16.3 Å². The predicted octanol–water partition coefficient (Wildman–Crippen LogP) is 14.2. The number of pyridine rings is 1. The van der Waals surface area contributed by atoms with Crippen molar-refractivity contribution in [3.8, 4) is 11.5 Å². The summed E-state index contributed by atoms with van der Waals surface area (Å²) in [6.07, 6.45) is 1.75. The zero-order valence-corrected chi connectivity index (χ0v) is 39.4. The molecule has 0 saturated carbocycles. The van der Waals surface area contributed by atoms with Crippen molar-refractivity contribution in [3.05, 3.63) is 256 Å². The van der Waals surface area contributed by atoms with Gasteiger partial charge in [0.25, 0.3) is 0 Å². The Hall–Kier alpha value is -8.14. The number of carbonyl (C=O) groups excluding carboxylic acids is 2. The van der Waals surface area contributed by atoms with E-state index in [0.29, 0.717) is 67.7 Å². The van der Waals surface area contributed by atoms with E-state index in [2.05, 4.69) is 0 Å². The minimum Gasteiger partial charge on any atom is -0.489 e. The summed E-state index contributed by atoms with van der Waals surface area (Å²) >= 11 is 0. The minimum absolute atomic E-state index is 0.0512. The van der Waals surface area contributed by atoms with Gasteiger partial charge in [0.15, 0.2) is 0 Å². The van der Waals surface area contributed by atoms with Gasteiger partial charge in [-0.1, -0.05) is 164 Å². The zero-order valence-electron chi connectivity index (χ0n) is 38.5. The molecule has 9 rings (SSSR count). The maximum Gasteiger partial charge on any atom is 0.530 e. The standard InChI is InChI=1S/C59H48NO9P/c1-41-33-49(58(61)65-38-45-19-9-4-10-20-45)34-42(2)57(41)68-59(62)56-51-25-15-16-26-53(51)60-54-36-48(29-32-52(54)56)55(35-43-27-30-50(31-28-43)64-37-44-17-7-3-8-18-44)69-70(63,66-39-46-21-11-5-12-22-46)67-40-47-23-13-6-14-24-47/h3-36H,37-40H2,1-2H3/b55-35-. The number of hydrogen-bond donors (Lipinski definition) is 0.